The first kappa shape index (κ1) is 11.1. The highest BCUT2D eigenvalue weighted by atomic mass is 15.2. The average Bonchev–Trinajstić information content (AvgIpc) is 2.39. The maximum Gasteiger partial charge on any atom is 0.133 e. The van der Waals surface area contributed by atoms with Crippen LogP contribution in [0.15, 0.2) is 6.33 Å². The molecular weight excluding hydrogens is 152 g/mol. The Morgan fingerprint density at radius 3 is 2.50 bits per heavy atom. The number of aryl methyl sites for hydroxylation is 1. The number of hydrogen-bond donors (Lipinski definition) is 1. The summed E-state index contributed by atoms with van der Waals surface area (Å²) in [6.45, 7) is 4.88. The van der Waals surface area contributed by atoms with Crippen LogP contribution < -0.4 is 5.73 Å². The predicted molar refractivity (Wildman–Crippen MR) is 51.8 cm³/mol. The van der Waals surface area contributed by atoms with E-state index in [1.54, 1.807) is 6.33 Å². The molecule has 0 amide bonds. The molecule has 4 nitrogen and oxygen atoms in total. The molecule has 0 bridgehead atoms. The van der Waals surface area contributed by atoms with E-state index in [2.05, 4.69) is 24.0 Å². The Balaban J connectivity index is 0. The third-order valence-corrected chi connectivity index (χ3v) is 1.17. The molecule has 0 spiro atoms. The topological polar surface area (TPSA) is 56.7 Å². The normalized spacial score (nSPS) is 9.00. The van der Waals surface area contributed by atoms with E-state index in [4.69, 9.17) is 5.73 Å². The lowest BCUT2D eigenvalue weighted by atomic mass is 10.4. The van der Waals surface area contributed by atoms with Crippen LogP contribution >= 0.6 is 0 Å². The van der Waals surface area contributed by atoms with Crippen LogP contribution in [0.1, 0.15) is 27.5 Å². The van der Waals surface area contributed by atoms with Crippen molar-refractivity contribution in [3.8, 4) is 0 Å². The van der Waals surface area contributed by atoms with Crippen molar-refractivity contribution < 1.29 is 1.43 Å². The molecule has 0 radical (unpaired) electrons. The minimum Gasteiger partial charge on any atom is -0.330 e. The highest BCUT2D eigenvalue weighted by Crippen LogP contribution is 1.89. The number of hydrogen-bond acceptors (Lipinski definition) is 3. The van der Waals surface area contributed by atoms with Crippen LogP contribution in [0.4, 0.5) is 0 Å². The van der Waals surface area contributed by atoms with Gasteiger partial charge in [0.05, 0.1) is 0 Å². The molecule has 0 saturated carbocycles. The second-order valence-corrected chi connectivity index (χ2v) is 2.60. The average molecular weight is 172 g/mol. The molecular formula is C8H20N4. The van der Waals surface area contributed by atoms with Crippen molar-refractivity contribution in [2.45, 2.75) is 26.7 Å². The Kier molecular flexibility index (Phi) is 6.28. The molecule has 0 aliphatic rings. The Bertz CT molecular complexity index is 200. The van der Waals surface area contributed by atoms with Crippen molar-refractivity contribution in [2.24, 2.45) is 12.8 Å². The van der Waals surface area contributed by atoms with Crippen LogP contribution in [0.5, 0.6) is 0 Å². The van der Waals surface area contributed by atoms with Gasteiger partial charge in [0.15, 0.2) is 0 Å². The van der Waals surface area contributed by atoms with Crippen LogP contribution in [0.25, 0.3) is 0 Å². The molecule has 1 heterocycles. The third-order valence-electron chi connectivity index (χ3n) is 1.17. The van der Waals surface area contributed by atoms with E-state index in [1.807, 2.05) is 11.6 Å². The molecule has 0 unspecified atom stereocenters. The fourth-order valence-corrected chi connectivity index (χ4v) is 0.663. The fourth-order valence-electron chi connectivity index (χ4n) is 0.663. The minimum absolute atomic E-state index is 0. The highest BCUT2D eigenvalue weighted by molar-refractivity contribution is 4.83. The summed E-state index contributed by atoms with van der Waals surface area (Å²) in [4.78, 5) is 0. The zero-order valence-corrected chi connectivity index (χ0v) is 8.12. The SMILES string of the molecule is CCC.Cn1cnnc1CCN.[HH]. The fraction of sp³-hybridized carbons (Fsp3) is 0.750. The molecule has 0 saturated heterocycles. The van der Waals surface area contributed by atoms with Crippen molar-refractivity contribution in [3.05, 3.63) is 12.2 Å². The van der Waals surface area contributed by atoms with Crippen LogP contribution in [0, 0.1) is 0 Å². The summed E-state index contributed by atoms with van der Waals surface area (Å²) in [5, 5.41) is 7.54. The van der Waals surface area contributed by atoms with Gasteiger partial charge in [0.25, 0.3) is 0 Å². The highest BCUT2D eigenvalue weighted by Gasteiger charge is 1.95. The summed E-state index contributed by atoms with van der Waals surface area (Å²) in [5.74, 6) is 0.942. The molecule has 12 heavy (non-hydrogen) atoms. The van der Waals surface area contributed by atoms with Crippen molar-refractivity contribution in [3.63, 3.8) is 0 Å². The van der Waals surface area contributed by atoms with Crippen molar-refractivity contribution in [1.29, 1.82) is 0 Å². The van der Waals surface area contributed by atoms with E-state index in [1.165, 1.54) is 6.42 Å². The summed E-state index contributed by atoms with van der Waals surface area (Å²) >= 11 is 0. The van der Waals surface area contributed by atoms with Gasteiger partial charge in [-0.25, -0.2) is 0 Å². The molecule has 0 aliphatic heterocycles. The molecule has 0 aliphatic carbocycles. The van der Waals surface area contributed by atoms with Gasteiger partial charge in [-0.2, -0.15) is 0 Å². The molecule has 1 rings (SSSR count). The van der Waals surface area contributed by atoms with E-state index in [0.29, 0.717) is 6.54 Å². The van der Waals surface area contributed by atoms with Gasteiger partial charge in [-0.1, -0.05) is 20.3 Å². The van der Waals surface area contributed by atoms with E-state index in [0.717, 1.165) is 12.2 Å². The van der Waals surface area contributed by atoms with Gasteiger partial charge in [-0.05, 0) is 6.54 Å². The van der Waals surface area contributed by atoms with Crippen molar-refractivity contribution in [2.75, 3.05) is 6.54 Å². The van der Waals surface area contributed by atoms with Crippen LogP contribution in [-0.2, 0) is 13.5 Å². The summed E-state index contributed by atoms with van der Waals surface area (Å²) in [6, 6.07) is 0. The molecule has 1 aromatic rings. The Hall–Kier alpha value is -0.900. The Morgan fingerprint density at radius 1 is 1.58 bits per heavy atom. The van der Waals surface area contributed by atoms with Crippen LogP contribution in [-0.4, -0.2) is 21.3 Å². The van der Waals surface area contributed by atoms with Crippen LogP contribution in [0.3, 0.4) is 0 Å². The maximum atomic E-state index is 5.31. The number of nitrogens with zero attached hydrogens (tertiary/aromatic N) is 3. The summed E-state index contributed by atoms with van der Waals surface area (Å²) in [5.41, 5.74) is 5.31. The molecule has 1 aromatic heterocycles. The van der Waals surface area contributed by atoms with E-state index < -0.39 is 0 Å². The second-order valence-electron chi connectivity index (χ2n) is 2.60. The number of rotatable bonds is 2. The van der Waals surface area contributed by atoms with Crippen molar-refractivity contribution in [1.82, 2.24) is 14.8 Å². The largest absolute Gasteiger partial charge is 0.330 e. The maximum absolute atomic E-state index is 5.31. The minimum atomic E-state index is 0. The number of aromatic nitrogens is 3. The van der Waals surface area contributed by atoms with Gasteiger partial charge >= 0.3 is 0 Å². The first-order chi connectivity index (χ1) is 5.76. The predicted octanol–water partition coefficient (Wildman–Crippen LogP) is 0.979. The molecule has 0 atom stereocenters. The zero-order valence-electron chi connectivity index (χ0n) is 8.12. The lowest BCUT2D eigenvalue weighted by Gasteiger charge is -1.93. The second kappa shape index (κ2) is 6.79. The monoisotopic (exact) mass is 172 g/mol. The number of nitrogens with two attached hydrogens (primary N) is 1. The van der Waals surface area contributed by atoms with Gasteiger partial charge < -0.3 is 10.3 Å². The molecule has 4 heteroatoms. The van der Waals surface area contributed by atoms with Crippen LogP contribution in [0.2, 0.25) is 0 Å². The Labute approximate surface area is 75.3 Å². The third kappa shape index (κ3) is 4.08. The summed E-state index contributed by atoms with van der Waals surface area (Å²) in [6.07, 6.45) is 3.72. The Morgan fingerprint density at radius 2 is 2.17 bits per heavy atom. The van der Waals surface area contributed by atoms with E-state index in [-0.39, 0.29) is 1.43 Å². The smallest absolute Gasteiger partial charge is 0.133 e. The van der Waals surface area contributed by atoms with Crippen molar-refractivity contribution >= 4 is 0 Å². The quantitative estimate of drug-likeness (QED) is 0.723. The van der Waals surface area contributed by atoms with Gasteiger partial charge in [0.2, 0.25) is 0 Å². The van der Waals surface area contributed by atoms with E-state index in [9.17, 15) is 0 Å². The van der Waals surface area contributed by atoms with Gasteiger partial charge in [-0.3, -0.25) is 0 Å². The lowest BCUT2D eigenvalue weighted by Crippen LogP contribution is -2.07. The lowest BCUT2D eigenvalue weighted by molar-refractivity contribution is 0.776. The van der Waals surface area contributed by atoms with Gasteiger partial charge in [0.1, 0.15) is 12.2 Å². The first-order valence-corrected chi connectivity index (χ1v) is 4.29. The summed E-state index contributed by atoms with van der Waals surface area (Å²) < 4.78 is 1.87. The first-order valence-electron chi connectivity index (χ1n) is 4.29. The molecule has 0 fully saturated rings. The standard InChI is InChI=1S/C5H10N4.C3H8.H2/c1-9-4-7-8-5(9)2-3-6;1-3-2;/h4H,2-3,6H2,1H3;3H2,1-2H3;1H. The van der Waals surface area contributed by atoms with E-state index >= 15 is 0 Å². The molecule has 0 aromatic carbocycles. The molecule has 2 N–H and O–H groups in total. The zero-order chi connectivity index (χ0) is 9.40. The summed E-state index contributed by atoms with van der Waals surface area (Å²) in [7, 11) is 1.91. The van der Waals surface area contributed by atoms with Gasteiger partial charge in [-0.15, -0.1) is 10.2 Å². The van der Waals surface area contributed by atoms with Gasteiger partial charge in [0, 0.05) is 14.9 Å². The molecule has 72 valence electrons.